The van der Waals surface area contributed by atoms with Gasteiger partial charge in [-0.3, -0.25) is 0 Å². The third-order valence-corrected chi connectivity index (χ3v) is 4.89. The fourth-order valence-electron chi connectivity index (χ4n) is 2.61. The number of carbonyl (C=O) groups is 1. The molecule has 1 saturated carbocycles. The van der Waals surface area contributed by atoms with Crippen LogP contribution in [-0.2, 0) is 14.0 Å². The molecule has 0 atom stereocenters. The Bertz CT molecular complexity index is 594. The molecule has 0 amide bonds. The molecule has 1 aliphatic carbocycles. The van der Waals surface area contributed by atoms with Gasteiger partial charge in [0, 0.05) is 6.20 Å². The van der Waals surface area contributed by atoms with Crippen molar-refractivity contribution in [1.29, 1.82) is 0 Å². The summed E-state index contributed by atoms with van der Waals surface area (Å²) in [6, 6.07) is 1.75. The number of ether oxygens (including phenoxy) is 1. The van der Waals surface area contributed by atoms with Gasteiger partial charge in [0.25, 0.3) is 0 Å². The largest absolute Gasteiger partial charge is 0.495 e. The highest BCUT2D eigenvalue weighted by atomic mass is 16.7. The Morgan fingerprint density at radius 2 is 1.86 bits per heavy atom. The number of hydrogen-bond acceptors (Lipinski definition) is 5. The quantitative estimate of drug-likeness (QED) is 0.632. The third kappa shape index (κ3) is 2.54. The lowest BCUT2D eigenvalue weighted by Crippen LogP contribution is -2.41. The predicted molar refractivity (Wildman–Crippen MR) is 83.3 cm³/mol. The third-order valence-electron chi connectivity index (χ3n) is 4.89. The molecule has 1 aromatic rings. The maximum Gasteiger partial charge on any atom is 0.495 e. The molecule has 0 spiro atoms. The fourth-order valence-corrected chi connectivity index (χ4v) is 2.61. The summed E-state index contributed by atoms with van der Waals surface area (Å²) in [4.78, 5) is 16.0. The molecule has 2 heterocycles. The predicted octanol–water partition coefficient (Wildman–Crippen LogP) is 2.04. The molecule has 1 aliphatic heterocycles. The summed E-state index contributed by atoms with van der Waals surface area (Å²) in [5.41, 5.74) is 1.49. The van der Waals surface area contributed by atoms with Crippen LogP contribution in [0.5, 0.6) is 0 Å². The summed E-state index contributed by atoms with van der Waals surface area (Å²) in [7, 11) is 0.875. The van der Waals surface area contributed by atoms with Gasteiger partial charge in [0.2, 0.25) is 0 Å². The number of carbonyl (C=O) groups excluding carboxylic acids is 1. The van der Waals surface area contributed by atoms with Crippen LogP contribution in [0.2, 0.25) is 0 Å². The van der Waals surface area contributed by atoms with E-state index < -0.39 is 24.3 Å². The average molecular weight is 303 g/mol. The van der Waals surface area contributed by atoms with Crippen molar-refractivity contribution in [3.8, 4) is 0 Å². The van der Waals surface area contributed by atoms with Crippen molar-refractivity contribution in [3.63, 3.8) is 0 Å². The van der Waals surface area contributed by atoms with Crippen molar-refractivity contribution in [2.75, 3.05) is 7.11 Å². The summed E-state index contributed by atoms with van der Waals surface area (Å²) >= 11 is 0. The molecule has 6 heteroatoms. The van der Waals surface area contributed by atoms with Gasteiger partial charge in [0.1, 0.15) is 5.69 Å². The summed E-state index contributed by atoms with van der Waals surface area (Å²) in [6.07, 6.45) is 4.06. The number of pyridine rings is 1. The van der Waals surface area contributed by atoms with Crippen LogP contribution >= 0.6 is 0 Å². The number of rotatable bonds is 3. The standard InChI is InChI=1S/C16H22BNO4/c1-15(2)16(3,4)22-17(21-15)12-8-13(14(19)20-5)18-9-11(12)10-6-7-10/h8-10H,6-7H2,1-5H3. The van der Waals surface area contributed by atoms with Gasteiger partial charge < -0.3 is 14.0 Å². The lowest BCUT2D eigenvalue weighted by Gasteiger charge is -2.32. The molecular formula is C16H22BNO4. The van der Waals surface area contributed by atoms with Gasteiger partial charge in [-0.15, -0.1) is 0 Å². The highest BCUT2D eigenvalue weighted by Gasteiger charge is 2.52. The van der Waals surface area contributed by atoms with Crippen LogP contribution in [0.15, 0.2) is 12.3 Å². The molecule has 0 unspecified atom stereocenters. The fraction of sp³-hybridized carbons (Fsp3) is 0.625. The van der Waals surface area contributed by atoms with Gasteiger partial charge in [-0.25, -0.2) is 9.78 Å². The maximum atomic E-state index is 11.8. The molecule has 1 aromatic heterocycles. The van der Waals surface area contributed by atoms with Crippen molar-refractivity contribution in [3.05, 3.63) is 23.5 Å². The Kier molecular flexibility index (Phi) is 3.57. The zero-order valence-corrected chi connectivity index (χ0v) is 13.8. The molecule has 0 radical (unpaired) electrons. The topological polar surface area (TPSA) is 57.7 Å². The van der Waals surface area contributed by atoms with E-state index in [4.69, 9.17) is 14.0 Å². The Morgan fingerprint density at radius 3 is 2.36 bits per heavy atom. The second kappa shape index (κ2) is 5.06. The van der Waals surface area contributed by atoms with Gasteiger partial charge in [-0.1, -0.05) is 0 Å². The highest BCUT2D eigenvalue weighted by Crippen LogP contribution is 2.41. The number of aromatic nitrogens is 1. The minimum absolute atomic E-state index is 0.289. The van der Waals surface area contributed by atoms with Crippen LogP contribution in [-0.4, -0.2) is 36.4 Å². The van der Waals surface area contributed by atoms with E-state index in [2.05, 4.69) is 4.98 Å². The zero-order chi connectivity index (χ0) is 16.1. The molecular weight excluding hydrogens is 281 g/mol. The van der Waals surface area contributed by atoms with Gasteiger partial charge in [0.05, 0.1) is 18.3 Å². The second-order valence-corrected chi connectivity index (χ2v) is 7.05. The Balaban J connectivity index is 2.00. The van der Waals surface area contributed by atoms with Gasteiger partial charge in [0.15, 0.2) is 0 Å². The van der Waals surface area contributed by atoms with Crippen LogP contribution in [0, 0.1) is 0 Å². The van der Waals surface area contributed by atoms with E-state index in [1.54, 1.807) is 12.3 Å². The first kappa shape index (κ1) is 15.5. The molecule has 118 valence electrons. The number of nitrogens with zero attached hydrogens (tertiary/aromatic N) is 1. The Morgan fingerprint density at radius 1 is 1.27 bits per heavy atom. The minimum atomic E-state index is -0.480. The highest BCUT2D eigenvalue weighted by molar-refractivity contribution is 6.62. The van der Waals surface area contributed by atoms with Crippen molar-refractivity contribution in [1.82, 2.24) is 4.98 Å². The minimum Gasteiger partial charge on any atom is -0.464 e. The van der Waals surface area contributed by atoms with E-state index in [1.807, 2.05) is 27.7 Å². The van der Waals surface area contributed by atoms with Crippen molar-refractivity contribution < 1.29 is 18.8 Å². The summed E-state index contributed by atoms with van der Waals surface area (Å²) in [5.74, 6) is 0.0494. The first-order valence-electron chi connectivity index (χ1n) is 7.69. The Labute approximate surface area is 131 Å². The molecule has 1 saturated heterocycles. The first-order chi connectivity index (χ1) is 10.2. The molecule has 0 bridgehead atoms. The number of hydrogen-bond donors (Lipinski definition) is 0. The van der Waals surface area contributed by atoms with Crippen molar-refractivity contribution in [2.24, 2.45) is 0 Å². The summed E-state index contributed by atoms with van der Waals surface area (Å²) < 4.78 is 17.0. The van der Waals surface area contributed by atoms with Crippen LogP contribution < -0.4 is 5.46 Å². The lowest BCUT2D eigenvalue weighted by atomic mass is 9.75. The summed E-state index contributed by atoms with van der Waals surface area (Å²) in [5, 5.41) is 0. The smallest absolute Gasteiger partial charge is 0.464 e. The molecule has 5 nitrogen and oxygen atoms in total. The van der Waals surface area contributed by atoms with Crippen LogP contribution in [0.1, 0.15) is 62.5 Å². The number of esters is 1. The van der Waals surface area contributed by atoms with E-state index in [0.717, 1.165) is 23.9 Å². The number of methoxy groups -OCH3 is 1. The van der Waals surface area contributed by atoms with E-state index in [0.29, 0.717) is 5.92 Å². The molecule has 0 aromatic carbocycles. The van der Waals surface area contributed by atoms with Crippen molar-refractivity contribution >= 4 is 18.6 Å². The second-order valence-electron chi connectivity index (χ2n) is 7.05. The van der Waals surface area contributed by atoms with Crippen LogP contribution in [0.3, 0.4) is 0 Å². The summed E-state index contributed by atoms with van der Waals surface area (Å²) in [6.45, 7) is 8.08. The van der Waals surface area contributed by atoms with Gasteiger partial charge in [-0.2, -0.15) is 0 Å². The monoisotopic (exact) mass is 303 g/mol. The molecule has 2 aliphatic rings. The van der Waals surface area contributed by atoms with Crippen LogP contribution in [0.25, 0.3) is 0 Å². The van der Waals surface area contributed by atoms with Crippen LogP contribution in [0.4, 0.5) is 0 Å². The van der Waals surface area contributed by atoms with E-state index in [-0.39, 0.29) is 5.69 Å². The van der Waals surface area contributed by atoms with Gasteiger partial charge >= 0.3 is 13.1 Å². The molecule has 22 heavy (non-hydrogen) atoms. The van der Waals surface area contributed by atoms with E-state index in [1.165, 1.54) is 7.11 Å². The SMILES string of the molecule is COC(=O)c1cc(B2OC(C)(C)C(C)(C)O2)c(C2CC2)cn1. The maximum absolute atomic E-state index is 11.8. The molecule has 2 fully saturated rings. The van der Waals surface area contributed by atoms with E-state index in [9.17, 15) is 4.79 Å². The van der Waals surface area contributed by atoms with Gasteiger partial charge in [-0.05, 0) is 63.5 Å². The average Bonchev–Trinajstić information content (AvgIpc) is 3.25. The Hall–Kier alpha value is -1.40. The molecule has 0 N–H and O–H groups in total. The molecule has 3 rings (SSSR count). The van der Waals surface area contributed by atoms with E-state index >= 15 is 0 Å². The van der Waals surface area contributed by atoms with Crippen molar-refractivity contribution in [2.45, 2.75) is 57.7 Å². The zero-order valence-electron chi connectivity index (χ0n) is 13.8. The first-order valence-corrected chi connectivity index (χ1v) is 7.69. The normalized spacial score (nSPS) is 22.7. The lowest BCUT2D eigenvalue weighted by molar-refractivity contribution is 0.00578.